The standard InChI is InChI=1S/C33H27ClFN3O3S/c1-4-41-32(40)29-19(2)36-33-38(30(29)23-13-6-8-14-25(23)34)31(39)28(42-33)17-24-20(3)37(27-16-10-7-12-22(24)27)18-21-11-5-9-15-26(21)35/h5-17,30H,4,18H2,1-3H3/b28-17-/t30-/m0/s1. The lowest BCUT2D eigenvalue weighted by Crippen LogP contribution is -2.40. The van der Waals surface area contributed by atoms with Crippen LogP contribution in [0, 0.1) is 12.7 Å². The Morgan fingerprint density at radius 1 is 1.07 bits per heavy atom. The molecule has 6 rings (SSSR count). The fourth-order valence-electron chi connectivity index (χ4n) is 5.55. The van der Waals surface area contributed by atoms with Gasteiger partial charge in [-0.3, -0.25) is 9.36 Å². The molecule has 1 aliphatic rings. The number of halogens is 2. The molecule has 212 valence electrons. The predicted molar refractivity (Wildman–Crippen MR) is 164 cm³/mol. The first-order chi connectivity index (χ1) is 20.3. The van der Waals surface area contributed by atoms with Gasteiger partial charge in [-0.1, -0.05) is 77.5 Å². The van der Waals surface area contributed by atoms with Crippen LogP contribution in [0.2, 0.25) is 5.02 Å². The highest BCUT2D eigenvalue weighted by molar-refractivity contribution is 7.07. The summed E-state index contributed by atoms with van der Waals surface area (Å²) in [7, 11) is 0. The van der Waals surface area contributed by atoms with Crippen molar-refractivity contribution in [3.63, 3.8) is 0 Å². The van der Waals surface area contributed by atoms with Gasteiger partial charge in [-0.2, -0.15) is 0 Å². The van der Waals surface area contributed by atoms with Crippen LogP contribution in [0.1, 0.15) is 42.3 Å². The maximum atomic E-state index is 14.6. The third-order valence-electron chi connectivity index (χ3n) is 7.56. The van der Waals surface area contributed by atoms with Crippen molar-refractivity contribution in [2.45, 2.75) is 33.4 Å². The minimum atomic E-state index is -0.792. The molecule has 0 amide bonds. The summed E-state index contributed by atoms with van der Waals surface area (Å²) in [5, 5.41) is 1.38. The number of nitrogens with zero attached hydrogens (tertiary/aromatic N) is 3. The Labute approximate surface area is 250 Å². The maximum absolute atomic E-state index is 14.6. The zero-order valence-corrected chi connectivity index (χ0v) is 24.8. The van der Waals surface area contributed by atoms with Crippen LogP contribution in [0.15, 0.2) is 93.9 Å². The van der Waals surface area contributed by atoms with Gasteiger partial charge in [0.1, 0.15) is 11.9 Å². The van der Waals surface area contributed by atoms with Crippen molar-refractivity contribution in [1.29, 1.82) is 0 Å². The molecule has 5 aromatic rings. The van der Waals surface area contributed by atoms with Gasteiger partial charge in [0.15, 0.2) is 4.80 Å². The highest BCUT2D eigenvalue weighted by Crippen LogP contribution is 2.34. The van der Waals surface area contributed by atoms with E-state index in [0.717, 1.165) is 22.2 Å². The van der Waals surface area contributed by atoms with Crippen LogP contribution in [0.4, 0.5) is 4.39 Å². The zero-order valence-electron chi connectivity index (χ0n) is 23.2. The molecule has 0 radical (unpaired) electrons. The normalized spacial score (nSPS) is 15.2. The summed E-state index contributed by atoms with van der Waals surface area (Å²) in [6.45, 7) is 5.99. The molecule has 0 aliphatic carbocycles. The van der Waals surface area contributed by atoms with E-state index in [2.05, 4.69) is 9.56 Å². The second-order valence-electron chi connectivity index (χ2n) is 10.0. The van der Waals surface area contributed by atoms with Gasteiger partial charge in [0.25, 0.3) is 5.56 Å². The summed E-state index contributed by atoms with van der Waals surface area (Å²) in [5.74, 6) is -0.804. The van der Waals surface area contributed by atoms with E-state index in [-0.39, 0.29) is 23.6 Å². The van der Waals surface area contributed by atoms with Crippen LogP contribution in [0.25, 0.3) is 17.0 Å². The van der Waals surface area contributed by atoms with Gasteiger partial charge in [-0.05, 0) is 50.6 Å². The number of ether oxygens (including phenoxy) is 1. The quantitative estimate of drug-likeness (QED) is 0.228. The predicted octanol–water partition coefficient (Wildman–Crippen LogP) is 5.90. The summed E-state index contributed by atoms with van der Waals surface area (Å²) in [4.78, 5) is 32.4. The van der Waals surface area contributed by atoms with Gasteiger partial charge in [0, 0.05) is 32.7 Å². The number of carbonyl (C=O) groups excluding carboxylic acids is 1. The summed E-state index contributed by atoms with van der Waals surface area (Å²) in [5.41, 5.74) is 4.36. The summed E-state index contributed by atoms with van der Waals surface area (Å²) < 4.78 is 24.0. The largest absolute Gasteiger partial charge is 0.463 e. The third kappa shape index (κ3) is 4.70. The Balaban J connectivity index is 1.57. The Morgan fingerprint density at radius 2 is 1.79 bits per heavy atom. The first-order valence-electron chi connectivity index (χ1n) is 13.6. The Kier molecular flexibility index (Phi) is 7.43. The molecular formula is C33H27ClFN3O3S. The fourth-order valence-corrected chi connectivity index (χ4v) is 6.82. The lowest BCUT2D eigenvalue weighted by Gasteiger charge is -2.25. The number of aromatic nitrogens is 2. The van der Waals surface area contributed by atoms with E-state index >= 15 is 0 Å². The van der Waals surface area contributed by atoms with Crippen molar-refractivity contribution >= 4 is 45.9 Å². The van der Waals surface area contributed by atoms with E-state index in [1.165, 1.54) is 22.0 Å². The molecule has 9 heteroatoms. The number of hydrogen-bond acceptors (Lipinski definition) is 5. The molecule has 0 fully saturated rings. The Morgan fingerprint density at radius 3 is 2.55 bits per heavy atom. The Hall–Kier alpha value is -4.27. The van der Waals surface area contributed by atoms with E-state index < -0.39 is 12.0 Å². The Bertz CT molecular complexity index is 2090. The number of allylic oxidation sites excluding steroid dienone is 1. The first kappa shape index (κ1) is 27.9. The minimum Gasteiger partial charge on any atom is -0.463 e. The molecule has 1 atom stereocenters. The number of benzene rings is 3. The topological polar surface area (TPSA) is 65.6 Å². The van der Waals surface area contributed by atoms with Crippen molar-refractivity contribution < 1.29 is 13.9 Å². The van der Waals surface area contributed by atoms with Crippen molar-refractivity contribution in [3.05, 3.63) is 137 Å². The summed E-state index contributed by atoms with van der Waals surface area (Å²) in [6, 6.07) is 21.0. The van der Waals surface area contributed by atoms with Crippen LogP contribution in [0.5, 0.6) is 0 Å². The third-order valence-corrected chi connectivity index (χ3v) is 8.89. The number of carbonyl (C=O) groups is 1. The molecule has 0 unspecified atom stereocenters. The second-order valence-corrected chi connectivity index (χ2v) is 11.4. The summed E-state index contributed by atoms with van der Waals surface area (Å²) in [6.07, 6.45) is 1.87. The molecule has 0 saturated carbocycles. The van der Waals surface area contributed by atoms with Gasteiger partial charge in [0.05, 0.1) is 29.0 Å². The van der Waals surface area contributed by atoms with Gasteiger partial charge >= 0.3 is 5.97 Å². The second kappa shape index (κ2) is 11.2. The highest BCUT2D eigenvalue weighted by Gasteiger charge is 2.34. The molecular weight excluding hydrogens is 573 g/mol. The van der Waals surface area contributed by atoms with E-state index in [9.17, 15) is 14.0 Å². The zero-order chi connectivity index (χ0) is 29.5. The molecule has 42 heavy (non-hydrogen) atoms. The van der Waals surface area contributed by atoms with Gasteiger partial charge in [-0.15, -0.1) is 0 Å². The average Bonchev–Trinajstić information content (AvgIpc) is 3.42. The van der Waals surface area contributed by atoms with Gasteiger partial charge in [-0.25, -0.2) is 14.2 Å². The van der Waals surface area contributed by atoms with Crippen LogP contribution >= 0.6 is 22.9 Å². The van der Waals surface area contributed by atoms with Crippen LogP contribution in [-0.2, 0) is 16.1 Å². The van der Waals surface area contributed by atoms with Crippen molar-refractivity contribution in [1.82, 2.24) is 9.13 Å². The number of fused-ring (bicyclic) bond motifs is 2. The number of para-hydroxylation sites is 1. The lowest BCUT2D eigenvalue weighted by molar-refractivity contribution is -0.139. The van der Waals surface area contributed by atoms with Crippen molar-refractivity contribution in [2.75, 3.05) is 6.61 Å². The maximum Gasteiger partial charge on any atom is 0.338 e. The monoisotopic (exact) mass is 599 g/mol. The molecule has 6 nitrogen and oxygen atoms in total. The lowest BCUT2D eigenvalue weighted by atomic mass is 9.96. The molecule has 3 heterocycles. The number of thiazole rings is 1. The average molecular weight is 600 g/mol. The summed E-state index contributed by atoms with van der Waals surface area (Å²) >= 11 is 7.87. The van der Waals surface area contributed by atoms with E-state index in [1.54, 1.807) is 38.1 Å². The molecule has 0 N–H and O–H groups in total. The number of hydrogen-bond donors (Lipinski definition) is 0. The highest BCUT2D eigenvalue weighted by atomic mass is 35.5. The molecule has 0 bridgehead atoms. The van der Waals surface area contributed by atoms with Crippen LogP contribution in [-0.4, -0.2) is 21.7 Å². The first-order valence-corrected chi connectivity index (χ1v) is 14.7. The molecule has 3 aromatic carbocycles. The molecule has 0 spiro atoms. The van der Waals surface area contributed by atoms with E-state index in [1.807, 2.05) is 55.5 Å². The van der Waals surface area contributed by atoms with Gasteiger partial charge in [0.2, 0.25) is 0 Å². The SMILES string of the molecule is CCOC(=O)C1=C(C)N=c2s/c(=C\c3c(C)n(Cc4ccccc4F)c4ccccc34)c(=O)n2[C@H]1c1ccccc1Cl. The number of esters is 1. The fraction of sp³-hybridized carbons (Fsp3) is 0.182. The van der Waals surface area contributed by atoms with Crippen LogP contribution in [0.3, 0.4) is 0 Å². The number of rotatable bonds is 6. The minimum absolute atomic E-state index is 0.186. The molecule has 0 saturated heterocycles. The van der Waals surface area contributed by atoms with Crippen LogP contribution < -0.4 is 14.9 Å². The van der Waals surface area contributed by atoms with E-state index in [4.69, 9.17) is 16.3 Å². The van der Waals surface area contributed by atoms with Crippen molar-refractivity contribution in [3.8, 4) is 0 Å². The smallest absolute Gasteiger partial charge is 0.338 e. The van der Waals surface area contributed by atoms with Crippen molar-refractivity contribution in [2.24, 2.45) is 4.99 Å². The van der Waals surface area contributed by atoms with E-state index in [0.29, 0.717) is 37.7 Å². The molecule has 1 aliphatic heterocycles. The molecule has 2 aromatic heterocycles. The van der Waals surface area contributed by atoms with Gasteiger partial charge < -0.3 is 9.30 Å².